The molecule has 1 N–H and O–H groups in total. The molecule has 0 aliphatic rings. The molecule has 0 atom stereocenters. The molecule has 0 radical (unpaired) electrons. The number of benzene rings is 1. The number of hydrogen-bond donors (Lipinski definition) is 1. The van der Waals surface area contributed by atoms with E-state index >= 15 is 0 Å². The lowest BCUT2D eigenvalue weighted by atomic mass is 10.0. The highest BCUT2D eigenvalue weighted by atomic mass is 16.6. The second-order valence-electron chi connectivity index (χ2n) is 4.51. The lowest BCUT2D eigenvalue weighted by molar-refractivity contribution is -0.385. The Labute approximate surface area is 117 Å². The van der Waals surface area contributed by atoms with Gasteiger partial charge in [-0.15, -0.1) is 0 Å². The summed E-state index contributed by atoms with van der Waals surface area (Å²) in [4.78, 5) is 14.6. The Hall–Kier alpha value is -2.43. The van der Waals surface area contributed by atoms with Gasteiger partial charge in [-0.3, -0.25) is 15.1 Å². The van der Waals surface area contributed by atoms with Gasteiger partial charge >= 0.3 is 5.69 Å². The molecule has 0 aliphatic heterocycles. The van der Waals surface area contributed by atoms with Crippen LogP contribution in [0.4, 0.5) is 5.69 Å². The number of nitro benzene ring substituents is 1. The normalized spacial score (nSPS) is 10.5. The van der Waals surface area contributed by atoms with Crippen LogP contribution < -0.4 is 0 Å². The predicted molar refractivity (Wildman–Crippen MR) is 76.7 cm³/mol. The number of nitro groups is 1. The highest BCUT2D eigenvalue weighted by molar-refractivity contribution is 5.68. The molecule has 0 spiro atoms. The fourth-order valence-electron chi connectivity index (χ4n) is 2.04. The van der Waals surface area contributed by atoms with Gasteiger partial charge in [-0.05, 0) is 48.2 Å². The summed E-state index contributed by atoms with van der Waals surface area (Å²) < 4.78 is 0. The SMILES string of the molecule is CCc1cc(-c2ccc([N+](=O)[O-])c(O)c2)cc(CC)n1. The summed E-state index contributed by atoms with van der Waals surface area (Å²) in [5.41, 5.74) is 3.32. The van der Waals surface area contributed by atoms with Crippen molar-refractivity contribution in [3.8, 4) is 16.9 Å². The Kier molecular flexibility index (Phi) is 3.98. The molecule has 0 aliphatic carbocycles. The standard InChI is InChI=1S/C15H16N2O3/c1-3-12-7-11(8-13(4-2)16-12)10-5-6-14(17(19)20)15(18)9-10/h5-9,18H,3-4H2,1-2H3. The molecule has 0 bridgehead atoms. The van der Waals surface area contributed by atoms with Gasteiger partial charge in [-0.2, -0.15) is 0 Å². The predicted octanol–water partition coefficient (Wildman–Crippen LogP) is 3.49. The van der Waals surface area contributed by atoms with Gasteiger partial charge in [0, 0.05) is 17.5 Å². The summed E-state index contributed by atoms with van der Waals surface area (Å²) in [6.07, 6.45) is 1.64. The van der Waals surface area contributed by atoms with Crippen LogP contribution in [0.5, 0.6) is 5.75 Å². The van der Waals surface area contributed by atoms with E-state index in [0.717, 1.165) is 35.4 Å². The van der Waals surface area contributed by atoms with Crippen molar-refractivity contribution in [2.45, 2.75) is 26.7 Å². The van der Waals surface area contributed by atoms with Crippen LogP contribution in [0.1, 0.15) is 25.2 Å². The molecular formula is C15H16N2O3. The van der Waals surface area contributed by atoms with Gasteiger partial charge in [0.15, 0.2) is 5.75 Å². The summed E-state index contributed by atoms with van der Waals surface area (Å²) in [5.74, 6) is -0.319. The van der Waals surface area contributed by atoms with Crippen LogP contribution in [0, 0.1) is 10.1 Å². The first-order valence-corrected chi connectivity index (χ1v) is 6.52. The second-order valence-corrected chi connectivity index (χ2v) is 4.51. The van der Waals surface area contributed by atoms with E-state index in [1.807, 2.05) is 26.0 Å². The molecule has 1 heterocycles. The van der Waals surface area contributed by atoms with Crippen LogP contribution in [0.2, 0.25) is 0 Å². The minimum atomic E-state index is -0.597. The van der Waals surface area contributed by atoms with Gasteiger partial charge in [-0.25, -0.2) is 0 Å². The topological polar surface area (TPSA) is 76.3 Å². The van der Waals surface area contributed by atoms with E-state index in [0.29, 0.717) is 0 Å². The molecule has 5 heteroatoms. The molecule has 1 aromatic heterocycles. The monoisotopic (exact) mass is 272 g/mol. The lowest BCUT2D eigenvalue weighted by Crippen LogP contribution is -1.95. The molecule has 1 aromatic carbocycles. The maximum atomic E-state index is 10.7. The zero-order chi connectivity index (χ0) is 14.7. The van der Waals surface area contributed by atoms with Crippen molar-refractivity contribution >= 4 is 5.69 Å². The molecule has 20 heavy (non-hydrogen) atoms. The molecule has 2 rings (SSSR count). The Balaban J connectivity index is 2.51. The van der Waals surface area contributed by atoms with Crippen molar-refractivity contribution in [3.05, 3.63) is 51.8 Å². The van der Waals surface area contributed by atoms with E-state index in [9.17, 15) is 15.2 Å². The summed E-state index contributed by atoms with van der Waals surface area (Å²) in [7, 11) is 0. The first kappa shape index (κ1) is 14.0. The van der Waals surface area contributed by atoms with E-state index in [-0.39, 0.29) is 11.4 Å². The maximum absolute atomic E-state index is 10.7. The summed E-state index contributed by atoms with van der Waals surface area (Å²) in [6.45, 7) is 4.05. The lowest BCUT2D eigenvalue weighted by Gasteiger charge is -2.08. The van der Waals surface area contributed by atoms with Crippen molar-refractivity contribution in [1.82, 2.24) is 4.98 Å². The second kappa shape index (κ2) is 5.69. The number of rotatable bonds is 4. The summed E-state index contributed by atoms with van der Waals surface area (Å²) >= 11 is 0. The van der Waals surface area contributed by atoms with Crippen molar-refractivity contribution in [1.29, 1.82) is 0 Å². The zero-order valence-corrected chi connectivity index (χ0v) is 11.5. The molecule has 0 unspecified atom stereocenters. The highest BCUT2D eigenvalue weighted by Gasteiger charge is 2.14. The third kappa shape index (κ3) is 2.77. The molecule has 2 aromatic rings. The number of aromatic nitrogens is 1. The van der Waals surface area contributed by atoms with Crippen molar-refractivity contribution in [2.75, 3.05) is 0 Å². The summed E-state index contributed by atoms with van der Waals surface area (Å²) in [6, 6.07) is 8.28. The number of phenols is 1. The van der Waals surface area contributed by atoms with Crippen molar-refractivity contribution < 1.29 is 10.0 Å². The summed E-state index contributed by atoms with van der Waals surface area (Å²) in [5, 5.41) is 20.4. The van der Waals surface area contributed by atoms with Gasteiger partial charge in [0.1, 0.15) is 0 Å². The highest BCUT2D eigenvalue weighted by Crippen LogP contribution is 2.31. The smallest absolute Gasteiger partial charge is 0.310 e. The minimum Gasteiger partial charge on any atom is -0.502 e. The quantitative estimate of drug-likeness (QED) is 0.682. The third-order valence-corrected chi connectivity index (χ3v) is 3.16. The average Bonchev–Trinajstić information content (AvgIpc) is 2.46. The van der Waals surface area contributed by atoms with Crippen LogP contribution >= 0.6 is 0 Å². The van der Waals surface area contributed by atoms with Crippen molar-refractivity contribution in [3.63, 3.8) is 0 Å². The average molecular weight is 272 g/mol. The first-order chi connectivity index (χ1) is 9.55. The van der Waals surface area contributed by atoms with Gasteiger partial charge in [0.25, 0.3) is 0 Å². The number of nitrogens with zero attached hydrogens (tertiary/aromatic N) is 2. The van der Waals surface area contributed by atoms with E-state index in [1.54, 1.807) is 6.07 Å². The van der Waals surface area contributed by atoms with Crippen molar-refractivity contribution in [2.24, 2.45) is 0 Å². The van der Waals surface area contributed by atoms with Crippen LogP contribution in [-0.2, 0) is 12.8 Å². The van der Waals surface area contributed by atoms with Crippen LogP contribution in [0.3, 0.4) is 0 Å². The number of pyridine rings is 1. The minimum absolute atomic E-state index is 0.283. The van der Waals surface area contributed by atoms with E-state index in [2.05, 4.69) is 4.98 Å². The fourth-order valence-corrected chi connectivity index (χ4v) is 2.04. The zero-order valence-electron chi connectivity index (χ0n) is 11.5. The largest absolute Gasteiger partial charge is 0.502 e. The van der Waals surface area contributed by atoms with E-state index in [4.69, 9.17) is 0 Å². The van der Waals surface area contributed by atoms with Crippen LogP contribution in [0.25, 0.3) is 11.1 Å². The molecule has 0 saturated heterocycles. The van der Waals surface area contributed by atoms with Crippen LogP contribution in [-0.4, -0.2) is 15.0 Å². The number of aryl methyl sites for hydroxylation is 2. The molecule has 0 fully saturated rings. The maximum Gasteiger partial charge on any atom is 0.310 e. The molecule has 0 amide bonds. The molecule has 5 nitrogen and oxygen atoms in total. The van der Waals surface area contributed by atoms with Gasteiger partial charge in [0.05, 0.1) is 4.92 Å². The first-order valence-electron chi connectivity index (χ1n) is 6.52. The Morgan fingerprint density at radius 2 is 1.70 bits per heavy atom. The molecule has 104 valence electrons. The van der Waals surface area contributed by atoms with Gasteiger partial charge in [0.2, 0.25) is 0 Å². The Morgan fingerprint density at radius 1 is 1.10 bits per heavy atom. The Bertz CT molecular complexity index is 631. The van der Waals surface area contributed by atoms with E-state index < -0.39 is 4.92 Å². The molecule has 0 saturated carbocycles. The van der Waals surface area contributed by atoms with Crippen LogP contribution in [0.15, 0.2) is 30.3 Å². The van der Waals surface area contributed by atoms with Gasteiger partial charge < -0.3 is 5.11 Å². The fraction of sp³-hybridized carbons (Fsp3) is 0.267. The Morgan fingerprint density at radius 3 is 2.15 bits per heavy atom. The number of phenolic OH excluding ortho intramolecular Hbond substituents is 1. The number of hydrogen-bond acceptors (Lipinski definition) is 4. The third-order valence-electron chi connectivity index (χ3n) is 3.16. The number of aromatic hydroxyl groups is 1. The molecular weight excluding hydrogens is 256 g/mol. The van der Waals surface area contributed by atoms with E-state index in [1.165, 1.54) is 12.1 Å². The van der Waals surface area contributed by atoms with Gasteiger partial charge in [-0.1, -0.05) is 13.8 Å².